The molecular formula is C13H14N2O2S3. The molecule has 0 saturated carbocycles. The largest absolute Gasteiger partial charge is 0.466 e. The van der Waals surface area contributed by atoms with Crippen molar-refractivity contribution in [1.29, 1.82) is 0 Å². The van der Waals surface area contributed by atoms with E-state index < -0.39 is 0 Å². The van der Waals surface area contributed by atoms with Crippen LogP contribution in [-0.2, 0) is 9.53 Å². The first kappa shape index (κ1) is 15.3. The summed E-state index contributed by atoms with van der Waals surface area (Å²) in [6.07, 6.45) is 0.394. The quantitative estimate of drug-likeness (QED) is 0.571. The highest BCUT2D eigenvalue weighted by atomic mass is 32.2. The number of aromatic nitrogens is 2. The van der Waals surface area contributed by atoms with Crippen LogP contribution in [0.25, 0.3) is 0 Å². The number of rotatable bonds is 7. The lowest BCUT2D eigenvalue weighted by Crippen LogP contribution is -2.04. The minimum absolute atomic E-state index is 0.166. The van der Waals surface area contributed by atoms with Gasteiger partial charge < -0.3 is 4.74 Å². The van der Waals surface area contributed by atoms with Gasteiger partial charge in [0.2, 0.25) is 0 Å². The second kappa shape index (κ2) is 8.28. The van der Waals surface area contributed by atoms with E-state index in [9.17, 15) is 4.79 Å². The van der Waals surface area contributed by atoms with E-state index in [2.05, 4.69) is 21.7 Å². The van der Waals surface area contributed by atoms with Crippen molar-refractivity contribution in [2.45, 2.75) is 27.5 Å². The van der Waals surface area contributed by atoms with Gasteiger partial charge in [-0.2, -0.15) is 0 Å². The van der Waals surface area contributed by atoms with Gasteiger partial charge in [0.1, 0.15) is 9.24 Å². The van der Waals surface area contributed by atoms with E-state index in [4.69, 9.17) is 4.74 Å². The van der Waals surface area contributed by atoms with Crippen LogP contribution in [0.1, 0.15) is 13.3 Å². The van der Waals surface area contributed by atoms with Crippen LogP contribution in [0.2, 0.25) is 0 Å². The van der Waals surface area contributed by atoms with E-state index in [0.717, 1.165) is 14.1 Å². The van der Waals surface area contributed by atoms with E-state index in [1.54, 1.807) is 23.5 Å². The fourth-order valence-corrected chi connectivity index (χ4v) is 4.19. The molecule has 2 rings (SSSR count). The molecule has 0 N–H and O–H groups in total. The average Bonchev–Trinajstić information content (AvgIpc) is 2.88. The van der Waals surface area contributed by atoms with Gasteiger partial charge in [-0.15, -0.1) is 16.9 Å². The fourth-order valence-electron chi connectivity index (χ4n) is 1.38. The zero-order valence-electron chi connectivity index (χ0n) is 10.9. The Bertz CT molecular complexity index is 546. The fraction of sp³-hybridized carbons (Fsp3) is 0.308. The molecule has 0 bridgehead atoms. The summed E-state index contributed by atoms with van der Waals surface area (Å²) in [5.74, 6) is 0.493. The lowest BCUT2D eigenvalue weighted by atomic mass is 10.4. The number of nitrogens with zero attached hydrogens (tertiary/aromatic N) is 2. The van der Waals surface area contributed by atoms with Crippen LogP contribution >= 0.6 is 35.1 Å². The summed E-state index contributed by atoms with van der Waals surface area (Å²) in [5.41, 5.74) is 0. The van der Waals surface area contributed by atoms with Gasteiger partial charge >= 0.3 is 5.97 Å². The van der Waals surface area contributed by atoms with Gasteiger partial charge in [0.05, 0.1) is 13.0 Å². The van der Waals surface area contributed by atoms with E-state index in [1.165, 1.54) is 11.5 Å². The Hall–Kier alpha value is -1.05. The number of ether oxygens (including phenoxy) is 1. The number of carbonyl (C=O) groups is 1. The van der Waals surface area contributed by atoms with Crippen molar-refractivity contribution in [2.24, 2.45) is 0 Å². The smallest absolute Gasteiger partial charge is 0.306 e. The highest BCUT2D eigenvalue weighted by molar-refractivity contribution is 8.03. The molecular weight excluding hydrogens is 312 g/mol. The standard InChI is InChI=1S/C13H14N2O2S3/c1-2-17-11(16)8-9-18-12-13(20-15-14-12)19-10-6-4-3-5-7-10/h3-7H,2,8-9H2,1H3. The first-order chi connectivity index (χ1) is 9.79. The summed E-state index contributed by atoms with van der Waals surface area (Å²) in [4.78, 5) is 12.4. The molecule has 0 spiro atoms. The molecule has 4 nitrogen and oxygen atoms in total. The molecule has 0 fully saturated rings. The monoisotopic (exact) mass is 326 g/mol. The van der Waals surface area contributed by atoms with Crippen LogP contribution in [0.4, 0.5) is 0 Å². The van der Waals surface area contributed by atoms with Crippen molar-refractivity contribution in [2.75, 3.05) is 12.4 Å². The van der Waals surface area contributed by atoms with Gasteiger partial charge in [0.25, 0.3) is 0 Å². The highest BCUT2D eigenvalue weighted by Crippen LogP contribution is 2.36. The summed E-state index contributed by atoms with van der Waals surface area (Å²) in [5, 5.41) is 5.00. The first-order valence-corrected chi connectivity index (χ1v) is 8.71. The number of esters is 1. The molecule has 1 heterocycles. The lowest BCUT2D eigenvalue weighted by molar-refractivity contribution is -0.142. The molecule has 0 aliphatic rings. The second-order valence-electron chi connectivity index (χ2n) is 3.68. The van der Waals surface area contributed by atoms with Gasteiger partial charge in [0.15, 0.2) is 0 Å². The summed E-state index contributed by atoms with van der Waals surface area (Å²) in [7, 11) is 0. The molecule has 0 amide bonds. The molecule has 0 atom stereocenters. The summed E-state index contributed by atoms with van der Waals surface area (Å²) < 4.78 is 9.94. The van der Waals surface area contributed by atoms with Crippen LogP contribution in [-0.4, -0.2) is 27.9 Å². The number of benzene rings is 1. The van der Waals surface area contributed by atoms with Gasteiger partial charge in [-0.1, -0.05) is 34.4 Å². The molecule has 0 saturated heterocycles. The van der Waals surface area contributed by atoms with Crippen molar-refractivity contribution in [3.8, 4) is 0 Å². The molecule has 20 heavy (non-hydrogen) atoms. The summed E-state index contributed by atoms with van der Waals surface area (Å²) in [6, 6.07) is 10.1. The second-order valence-corrected chi connectivity index (χ2v) is 6.86. The van der Waals surface area contributed by atoms with Crippen LogP contribution in [0.15, 0.2) is 44.5 Å². The zero-order chi connectivity index (χ0) is 14.2. The minimum atomic E-state index is -0.166. The molecule has 0 aliphatic carbocycles. The Morgan fingerprint density at radius 2 is 2.15 bits per heavy atom. The molecule has 7 heteroatoms. The summed E-state index contributed by atoms with van der Waals surface area (Å²) in [6.45, 7) is 2.24. The van der Waals surface area contributed by atoms with Gasteiger partial charge in [-0.3, -0.25) is 4.79 Å². The molecule has 1 aromatic heterocycles. The third-order valence-electron chi connectivity index (χ3n) is 2.23. The van der Waals surface area contributed by atoms with Crippen molar-refractivity contribution in [1.82, 2.24) is 9.59 Å². The van der Waals surface area contributed by atoms with Crippen LogP contribution in [0.5, 0.6) is 0 Å². The molecule has 2 aromatic rings. The average molecular weight is 326 g/mol. The van der Waals surface area contributed by atoms with E-state index in [0.29, 0.717) is 18.8 Å². The summed E-state index contributed by atoms with van der Waals surface area (Å²) >= 11 is 4.57. The van der Waals surface area contributed by atoms with Gasteiger partial charge in [-0.05, 0) is 30.6 Å². The predicted octanol–water partition coefficient (Wildman–Crippen LogP) is 3.73. The van der Waals surface area contributed by atoms with Crippen LogP contribution < -0.4 is 0 Å². The molecule has 106 valence electrons. The van der Waals surface area contributed by atoms with Crippen molar-refractivity contribution in [3.63, 3.8) is 0 Å². The third kappa shape index (κ3) is 4.81. The predicted molar refractivity (Wildman–Crippen MR) is 82.4 cm³/mol. The Kier molecular flexibility index (Phi) is 6.35. The first-order valence-electron chi connectivity index (χ1n) is 6.13. The van der Waals surface area contributed by atoms with E-state index in [-0.39, 0.29) is 5.97 Å². The number of thioether (sulfide) groups is 1. The van der Waals surface area contributed by atoms with Crippen molar-refractivity contribution < 1.29 is 9.53 Å². The topological polar surface area (TPSA) is 52.1 Å². The Balaban J connectivity index is 1.87. The third-order valence-corrected chi connectivity index (χ3v) is 5.34. The maximum Gasteiger partial charge on any atom is 0.306 e. The molecule has 1 aromatic carbocycles. The normalized spacial score (nSPS) is 10.4. The number of carbonyl (C=O) groups excluding carboxylic acids is 1. The van der Waals surface area contributed by atoms with E-state index >= 15 is 0 Å². The molecule has 0 aliphatic heterocycles. The minimum Gasteiger partial charge on any atom is -0.466 e. The molecule has 0 unspecified atom stereocenters. The highest BCUT2D eigenvalue weighted by Gasteiger charge is 2.11. The van der Waals surface area contributed by atoms with Gasteiger partial charge in [0, 0.05) is 10.6 Å². The Labute approximate surface area is 130 Å². The van der Waals surface area contributed by atoms with E-state index in [1.807, 2.05) is 25.1 Å². The lowest BCUT2D eigenvalue weighted by Gasteiger charge is -2.02. The maximum absolute atomic E-state index is 11.3. The number of hydrogen-bond donors (Lipinski definition) is 0. The number of hydrogen-bond acceptors (Lipinski definition) is 7. The maximum atomic E-state index is 11.3. The van der Waals surface area contributed by atoms with Crippen molar-refractivity contribution >= 4 is 41.0 Å². The molecule has 0 radical (unpaired) electrons. The Morgan fingerprint density at radius 3 is 2.90 bits per heavy atom. The Morgan fingerprint density at radius 1 is 1.35 bits per heavy atom. The van der Waals surface area contributed by atoms with Crippen LogP contribution in [0.3, 0.4) is 0 Å². The zero-order valence-corrected chi connectivity index (χ0v) is 13.4. The van der Waals surface area contributed by atoms with Crippen molar-refractivity contribution in [3.05, 3.63) is 30.3 Å². The van der Waals surface area contributed by atoms with Crippen LogP contribution in [0, 0.1) is 0 Å². The SMILES string of the molecule is CCOC(=O)CCSc1nnsc1Sc1ccccc1. The van der Waals surface area contributed by atoms with Gasteiger partial charge in [-0.25, -0.2) is 0 Å².